The van der Waals surface area contributed by atoms with E-state index >= 15 is 0 Å². The third-order valence-electron chi connectivity index (χ3n) is 0. The molecule has 6 nitrogen and oxygen atoms in total. The van der Waals surface area contributed by atoms with Gasteiger partial charge in [0.15, 0.2) is 0 Å². The van der Waals surface area contributed by atoms with Crippen LogP contribution in [0.25, 0.3) is 0 Å². The minimum absolute atomic E-state index is 0. The normalized spacial score (nSPS) is 7.25. The Balaban J connectivity index is -0.0000000267. The van der Waals surface area contributed by atoms with Gasteiger partial charge in [0, 0.05) is 10.4 Å². The summed E-state index contributed by atoms with van der Waals surface area (Å²) in [6.45, 7) is 0. The van der Waals surface area contributed by atoms with Crippen LogP contribution in [-0.4, -0.2) is 23.0 Å². The van der Waals surface area contributed by atoms with E-state index in [-0.39, 0.29) is 49.8 Å². The van der Waals surface area contributed by atoms with Crippen LogP contribution in [-0.2, 0) is 10.4 Å². The smallest absolute Gasteiger partial charge is 0.870 e. The number of hydrogen-bond donors (Lipinski definition) is 1. The maximum atomic E-state index is 8.52. The molecule has 0 fully saturated rings. The minimum Gasteiger partial charge on any atom is -0.870 e. The molecule has 0 aliphatic carbocycles. The second kappa shape index (κ2) is 8.06. The fourth-order valence-electron chi connectivity index (χ4n) is 0. The van der Waals surface area contributed by atoms with E-state index < -0.39 is 10.4 Å². The Kier molecular flexibility index (Phi) is 23.2. The topological polar surface area (TPSA) is 147 Å². The molecule has 0 aromatic heterocycles. The van der Waals surface area contributed by atoms with Gasteiger partial charge >= 0.3 is 38.2 Å². The summed E-state index contributed by atoms with van der Waals surface area (Å²) in [7, 11) is -5.17. The first-order valence-corrected chi connectivity index (χ1v) is 2.00. The summed E-state index contributed by atoms with van der Waals surface area (Å²) in [6, 6.07) is 0. The summed E-state index contributed by atoms with van der Waals surface area (Å²) in [5, 5.41) is 0. The summed E-state index contributed by atoms with van der Waals surface area (Å²) in [4.78, 5) is 0. The molecule has 0 aliphatic rings. The van der Waals surface area contributed by atoms with Gasteiger partial charge in [0.05, 0.1) is 0 Å². The third-order valence-corrected chi connectivity index (χ3v) is 0. The summed E-state index contributed by atoms with van der Waals surface area (Å²) < 4.78 is 34.1. The summed E-state index contributed by atoms with van der Waals surface area (Å²) in [5.41, 5.74) is 0. The van der Waals surface area contributed by atoms with E-state index in [1.54, 1.807) is 0 Å². The Bertz CT molecular complexity index is 95.6. The van der Waals surface area contributed by atoms with Crippen molar-refractivity contribution < 1.29 is 61.2 Å². The van der Waals surface area contributed by atoms with Gasteiger partial charge in [-0.1, -0.05) is 0 Å². The second-order valence-electron chi connectivity index (χ2n) is 0.408. The van der Waals surface area contributed by atoms with Crippen LogP contribution in [0.2, 0.25) is 0 Å². The second-order valence-corrected chi connectivity index (χ2v) is 1.22. The van der Waals surface area contributed by atoms with Gasteiger partial charge in [-0.2, -0.15) is 0 Å². The molecule has 8 heteroatoms. The summed E-state index contributed by atoms with van der Waals surface area (Å²) in [6.07, 6.45) is 0. The Morgan fingerprint density at radius 2 is 1.12 bits per heavy atom. The molecule has 0 aromatic carbocycles. The van der Waals surface area contributed by atoms with Gasteiger partial charge in [-0.05, 0) is 0 Å². The zero-order valence-corrected chi connectivity index (χ0v) is 6.65. The first-order valence-electron chi connectivity index (χ1n) is 0.667. The molecule has 5 N–H and O–H groups in total. The minimum atomic E-state index is -5.17. The van der Waals surface area contributed by atoms with E-state index in [0.29, 0.717) is 0 Å². The monoisotopic (exact) mass is 295 g/mol. The first-order chi connectivity index (χ1) is 2.00. The van der Waals surface area contributed by atoms with Crippen molar-refractivity contribution in [3.8, 4) is 0 Å². The molecule has 0 spiro atoms. The van der Waals surface area contributed by atoms with Crippen LogP contribution in [0, 0.1) is 38.2 Å². The molecule has 0 unspecified atom stereocenters. The van der Waals surface area contributed by atoms with Gasteiger partial charge in [-0.3, -0.25) is 8.42 Å². The van der Waals surface area contributed by atoms with E-state index in [4.69, 9.17) is 17.5 Å². The number of rotatable bonds is 0. The van der Waals surface area contributed by atoms with Crippen LogP contribution >= 0.6 is 0 Å². The average molecular weight is 294 g/mol. The molecule has 0 saturated heterocycles. The van der Waals surface area contributed by atoms with Crippen molar-refractivity contribution in [3.05, 3.63) is 0 Å². The van der Waals surface area contributed by atoms with Crippen LogP contribution in [0.15, 0.2) is 0 Å². The van der Waals surface area contributed by atoms with Crippen molar-refractivity contribution in [2.24, 2.45) is 0 Å². The van der Waals surface area contributed by atoms with Crippen LogP contribution in [0.1, 0.15) is 0 Å². The van der Waals surface area contributed by atoms with Gasteiger partial charge in [0.1, 0.15) is 0 Å². The molecule has 0 saturated carbocycles. The van der Waals surface area contributed by atoms with Crippen molar-refractivity contribution in [2.45, 2.75) is 0 Å². The standard InChI is InChI=1S/Dy.H3N.H2O4S.H2O/c;;1-5(2,3)4;/h;1H3;(H2,1,2,3,4);1H2/q+2;;;/p-2. The molecular formula is H5DyNO5S. The van der Waals surface area contributed by atoms with Crippen LogP contribution in [0.4, 0.5) is 0 Å². The molecule has 0 aliphatic heterocycles. The predicted octanol–water partition coefficient (Wildman–Crippen LogP) is -1.14. The van der Waals surface area contributed by atoms with Crippen molar-refractivity contribution in [2.75, 3.05) is 0 Å². The van der Waals surface area contributed by atoms with Crippen molar-refractivity contribution in [1.82, 2.24) is 6.15 Å². The predicted molar refractivity (Wildman–Crippen MR) is 18.4 cm³/mol. The van der Waals surface area contributed by atoms with E-state index in [1.807, 2.05) is 0 Å². The maximum absolute atomic E-state index is 8.52. The summed E-state index contributed by atoms with van der Waals surface area (Å²) >= 11 is 0. The molecule has 0 atom stereocenters. The zero-order chi connectivity index (χ0) is 4.50. The average Bonchev–Trinajstić information content (AvgIpc) is 0.722. The van der Waals surface area contributed by atoms with Gasteiger partial charge in [-0.25, -0.2) is 0 Å². The molecule has 8 heavy (non-hydrogen) atoms. The van der Waals surface area contributed by atoms with E-state index in [2.05, 4.69) is 0 Å². The number of hydrogen-bond acceptors (Lipinski definition) is 5. The Morgan fingerprint density at radius 3 is 1.12 bits per heavy atom. The number of quaternary nitrogens is 1. The molecule has 0 aromatic rings. The summed E-state index contributed by atoms with van der Waals surface area (Å²) in [5.74, 6) is 0. The van der Waals surface area contributed by atoms with Crippen molar-refractivity contribution in [1.29, 1.82) is 0 Å². The Morgan fingerprint density at radius 1 is 1.12 bits per heavy atom. The van der Waals surface area contributed by atoms with E-state index in [1.165, 1.54) is 0 Å². The van der Waals surface area contributed by atoms with Crippen LogP contribution in [0.5, 0.6) is 0 Å². The molecule has 0 radical (unpaired) electrons. The molecular weight excluding hydrogens is 289 g/mol. The Hall–Kier alpha value is 1.06. The molecule has 0 bridgehead atoms. The van der Waals surface area contributed by atoms with Crippen molar-refractivity contribution >= 4 is 10.4 Å². The zero-order valence-electron chi connectivity index (χ0n) is 3.80. The quantitative estimate of drug-likeness (QED) is 0.443. The first kappa shape index (κ1) is 23.0. The van der Waals surface area contributed by atoms with E-state index in [0.717, 1.165) is 0 Å². The van der Waals surface area contributed by atoms with Gasteiger partial charge in [-0.15, -0.1) is 0 Å². The third kappa shape index (κ3) is 230. The largest absolute Gasteiger partial charge is 2.00 e. The van der Waals surface area contributed by atoms with Crippen molar-refractivity contribution in [3.63, 3.8) is 0 Å². The maximum Gasteiger partial charge on any atom is 2.00 e. The molecule has 0 amide bonds. The fourth-order valence-corrected chi connectivity index (χ4v) is 0. The van der Waals surface area contributed by atoms with E-state index in [9.17, 15) is 0 Å². The van der Waals surface area contributed by atoms with Gasteiger partial charge in [0.25, 0.3) is 0 Å². The Labute approximate surface area is 77.1 Å². The van der Waals surface area contributed by atoms with Gasteiger partial charge < -0.3 is 20.7 Å². The molecule has 0 heterocycles. The fraction of sp³-hybridized carbons (Fsp3) is 0. The van der Waals surface area contributed by atoms with Crippen LogP contribution in [0.3, 0.4) is 0 Å². The van der Waals surface area contributed by atoms with Crippen LogP contribution < -0.4 is 6.15 Å². The van der Waals surface area contributed by atoms with Gasteiger partial charge in [0.2, 0.25) is 0 Å². The SMILES string of the molecule is O=S(=O)([O-])[O-].[Dy+2].[NH4+].[OH-]. The molecule has 0 rings (SSSR count). The molecule has 56 valence electrons.